The molecule has 0 amide bonds. The molecule has 0 saturated carbocycles. The van der Waals surface area contributed by atoms with E-state index in [0.29, 0.717) is 11.3 Å². The van der Waals surface area contributed by atoms with Crippen LogP contribution in [0.1, 0.15) is 31.9 Å². The van der Waals surface area contributed by atoms with Crippen molar-refractivity contribution in [3.8, 4) is 0 Å². The molecule has 0 aliphatic heterocycles. The number of benzene rings is 2. The number of hydrogen-bond donors (Lipinski definition) is 3. The largest absolute Gasteiger partial charge is 0.481 e. The fourth-order valence-corrected chi connectivity index (χ4v) is 3.60. The van der Waals surface area contributed by atoms with Crippen molar-refractivity contribution in [3.63, 3.8) is 0 Å². The van der Waals surface area contributed by atoms with Crippen molar-refractivity contribution in [2.24, 2.45) is 10.6 Å². The Labute approximate surface area is 158 Å². The van der Waals surface area contributed by atoms with E-state index >= 15 is 0 Å². The van der Waals surface area contributed by atoms with Gasteiger partial charge in [0.15, 0.2) is 0 Å². The predicted octanol–water partition coefficient (Wildman–Crippen LogP) is 3.34. The van der Waals surface area contributed by atoms with Gasteiger partial charge in [-0.2, -0.15) is 0 Å². The van der Waals surface area contributed by atoms with E-state index in [4.69, 9.17) is 5.21 Å². The molecule has 0 bridgehead atoms. The van der Waals surface area contributed by atoms with Gasteiger partial charge in [0.2, 0.25) is 0 Å². The number of aliphatic carboxylic acids is 1. The summed E-state index contributed by atoms with van der Waals surface area (Å²) in [4.78, 5) is 11.3. The molecular weight excluding hydrogens is 368 g/mol. The van der Waals surface area contributed by atoms with Gasteiger partial charge in [0, 0.05) is 5.56 Å². The van der Waals surface area contributed by atoms with E-state index in [1.54, 1.807) is 57.2 Å². The van der Waals surface area contributed by atoms with Gasteiger partial charge in [-0.25, -0.2) is 8.42 Å². The number of carboxylic acids is 1. The summed E-state index contributed by atoms with van der Waals surface area (Å²) in [5, 5.41) is 21.3. The molecule has 0 unspecified atom stereocenters. The minimum absolute atomic E-state index is 0.0489. The average Bonchev–Trinajstić information content (AvgIpc) is 2.61. The molecule has 0 fully saturated rings. The molecule has 7 nitrogen and oxygen atoms in total. The van der Waals surface area contributed by atoms with E-state index in [-0.39, 0.29) is 17.0 Å². The quantitative estimate of drug-likeness (QED) is 0.381. The second kappa shape index (κ2) is 7.79. The predicted molar refractivity (Wildman–Crippen MR) is 103 cm³/mol. The van der Waals surface area contributed by atoms with Gasteiger partial charge in [0.05, 0.1) is 21.7 Å². The zero-order chi connectivity index (χ0) is 20.2. The second-order valence-electron chi connectivity index (χ2n) is 6.85. The Hall–Kier alpha value is -2.87. The van der Waals surface area contributed by atoms with Gasteiger partial charge < -0.3 is 10.3 Å². The molecule has 3 N–H and O–H groups in total. The van der Waals surface area contributed by atoms with E-state index < -0.39 is 21.4 Å². The van der Waals surface area contributed by atoms with Crippen LogP contribution in [0.2, 0.25) is 0 Å². The summed E-state index contributed by atoms with van der Waals surface area (Å²) >= 11 is 0. The minimum atomic E-state index is -3.86. The normalized spacial score (nSPS) is 12.6. The Morgan fingerprint density at radius 3 is 2.26 bits per heavy atom. The zero-order valence-electron chi connectivity index (χ0n) is 15.3. The maximum absolute atomic E-state index is 12.7. The number of hydrogen-bond acceptors (Lipinski definition) is 5. The monoisotopic (exact) mass is 390 g/mol. The second-order valence-corrected chi connectivity index (χ2v) is 8.53. The molecule has 0 aliphatic carbocycles. The number of carboxylic acid groups (broad SMARTS) is 1. The number of nitrogens with one attached hydrogen (secondary N) is 1. The van der Waals surface area contributed by atoms with Gasteiger partial charge >= 0.3 is 5.97 Å². The van der Waals surface area contributed by atoms with Gasteiger partial charge in [-0.1, -0.05) is 35.5 Å². The van der Waals surface area contributed by atoms with Gasteiger partial charge in [0.25, 0.3) is 10.0 Å². The molecule has 27 heavy (non-hydrogen) atoms. The highest BCUT2D eigenvalue weighted by molar-refractivity contribution is 7.92. The Morgan fingerprint density at radius 2 is 1.70 bits per heavy atom. The van der Waals surface area contributed by atoms with Crippen molar-refractivity contribution in [1.29, 1.82) is 0 Å². The number of sulfonamides is 1. The standard InChI is InChI=1S/C19H22N2O5S/c1-13(20-24)16-6-4-5-7-17(16)21-27(25,26)15-10-8-14(9-11-15)12-19(2,3)18(22)23/h4-11,21,24H,12H2,1-3H3,(H,22,23). The number of para-hydroxylation sites is 1. The third-order valence-corrected chi connectivity index (χ3v) is 5.55. The molecule has 2 aromatic rings. The van der Waals surface area contributed by atoms with Gasteiger partial charge in [-0.3, -0.25) is 9.52 Å². The van der Waals surface area contributed by atoms with Crippen LogP contribution in [0.15, 0.2) is 58.6 Å². The molecule has 2 rings (SSSR count). The number of anilines is 1. The molecule has 0 saturated heterocycles. The highest BCUT2D eigenvalue weighted by Gasteiger charge is 2.27. The summed E-state index contributed by atoms with van der Waals surface area (Å²) in [6, 6.07) is 12.7. The lowest BCUT2D eigenvalue weighted by atomic mass is 9.86. The Bertz CT molecular complexity index is 964. The van der Waals surface area contributed by atoms with Crippen LogP contribution < -0.4 is 4.72 Å². The van der Waals surface area contributed by atoms with Crippen molar-refractivity contribution < 1.29 is 23.5 Å². The van der Waals surface area contributed by atoms with Crippen LogP contribution >= 0.6 is 0 Å². The van der Waals surface area contributed by atoms with Crippen LogP contribution in [0, 0.1) is 5.41 Å². The van der Waals surface area contributed by atoms with E-state index in [1.807, 2.05) is 0 Å². The molecule has 0 radical (unpaired) electrons. The first-order chi connectivity index (χ1) is 12.6. The molecule has 0 aromatic heterocycles. The molecule has 8 heteroatoms. The third kappa shape index (κ3) is 4.85. The molecule has 0 aliphatic rings. The van der Waals surface area contributed by atoms with Crippen molar-refractivity contribution in [3.05, 3.63) is 59.7 Å². The summed E-state index contributed by atoms with van der Waals surface area (Å²) in [7, 11) is -3.86. The first kappa shape index (κ1) is 20.4. The molecular formula is C19H22N2O5S. The number of carbonyl (C=O) groups is 1. The van der Waals surface area contributed by atoms with E-state index in [0.717, 1.165) is 5.56 Å². The number of oxime groups is 1. The first-order valence-electron chi connectivity index (χ1n) is 8.20. The topological polar surface area (TPSA) is 116 Å². The van der Waals surface area contributed by atoms with Gasteiger partial charge in [-0.05, 0) is 51.0 Å². The van der Waals surface area contributed by atoms with E-state index in [9.17, 15) is 18.3 Å². The van der Waals surface area contributed by atoms with Crippen LogP contribution in [0.4, 0.5) is 5.69 Å². The molecule has 144 valence electrons. The summed E-state index contributed by atoms with van der Waals surface area (Å²) in [5.41, 5.74) is 0.815. The summed E-state index contributed by atoms with van der Waals surface area (Å²) in [5.74, 6) is -0.918. The lowest BCUT2D eigenvalue weighted by Crippen LogP contribution is -2.26. The lowest BCUT2D eigenvalue weighted by Gasteiger charge is -2.19. The summed E-state index contributed by atoms with van der Waals surface area (Å²) in [6.07, 6.45) is 0.283. The van der Waals surface area contributed by atoms with Crippen LogP contribution in [-0.4, -0.2) is 30.4 Å². The van der Waals surface area contributed by atoms with Crippen LogP contribution in [-0.2, 0) is 21.2 Å². The Kier molecular flexibility index (Phi) is 5.90. The SMILES string of the molecule is CC(=NO)c1ccccc1NS(=O)(=O)c1ccc(CC(C)(C)C(=O)O)cc1. The van der Waals surface area contributed by atoms with Crippen LogP contribution in [0.3, 0.4) is 0 Å². The van der Waals surface area contributed by atoms with Crippen LogP contribution in [0.25, 0.3) is 0 Å². The molecule has 2 aromatic carbocycles. The maximum Gasteiger partial charge on any atom is 0.309 e. The van der Waals surface area contributed by atoms with Crippen LogP contribution in [0.5, 0.6) is 0 Å². The molecule has 0 heterocycles. The van der Waals surface area contributed by atoms with Crippen molar-refractivity contribution in [2.75, 3.05) is 4.72 Å². The molecule has 0 spiro atoms. The smallest absolute Gasteiger partial charge is 0.309 e. The van der Waals surface area contributed by atoms with Crippen molar-refractivity contribution >= 4 is 27.4 Å². The highest BCUT2D eigenvalue weighted by Crippen LogP contribution is 2.24. The van der Waals surface area contributed by atoms with Gasteiger partial charge in [0.1, 0.15) is 0 Å². The lowest BCUT2D eigenvalue weighted by molar-refractivity contribution is -0.146. The fourth-order valence-electron chi connectivity index (χ4n) is 2.52. The Balaban J connectivity index is 2.27. The van der Waals surface area contributed by atoms with E-state index in [1.165, 1.54) is 12.1 Å². The highest BCUT2D eigenvalue weighted by atomic mass is 32.2. The fraction of sp³-hybridized carbons (Fsp3) is 0.263. The maximum atomic E-state index is 12.7. The van der Waals surface area contributed by atoms with Crippen molar-refractivity contribution in [2.45, 2.75) is 32.1 Å². The summed E-state index contributed by atoms with van der Waals surface area (Å²) in [6.45, 7) is 4.79. The number of rotatable bonds is 7. The number of nitrogens with zero attached hydrogens (tertiary/aromatic N) is 1. The summed E-state index contributed by atoms with van der Waals surface area (Å²) < 4.78 is 27.8. The van der Waals surface area contributed by atoms with E-state index in [2.05, 4.69) is 9.88 Å². The van der Waals surface area contributed by atoms with Gasteiger partial charge in [-0.15, -0.1) is 0 Å². The minimum Gasteiger partial charge on any atom is -0.481 e. The Morgan fingerprint density at radius 1 is 1.11 bits per heavy atom. The first-order valence-corrected chi connectivity index (χ1v) is 9.68. The molecule has 0 atom stereocenters. The third-order valence-electron chi connectivity index (χ3n) is 4.17. The average molecular weight is 390 g/mol. The zero-order valence-corrected chi connectivity index (χ0v) is 16.1. The van der Waals surface area contributed by atoms with Crippen molar-refractivity contribution in [1.82, 2.24) is 0 Å².